The van der Waals surface area contributed by atoms with Gasteiger partial charge in [0.15, 0.2) is 0 Å². The number of aromatic nitrogens is 1. The molecule has 8 nitrogen and oxygen atoms in total. The van der Waals surface area contributed by atoms with E-state index in [-0.39, 0.29) is 24.3 Å². The third-order valence-electron chi connectivity index (χ3n) is 7.34. The Balaban J connectivity index is 1.37. The molecule has 0 aliphatic carbocycles. The van der Waals surface area contributed by atoms with Gasteiger partial charge in [-0.1, -0.05) is 77.8 Å². The van der Waals surface area contributed by atoms with Crippen molar-refractivity contribution in [2.45, 2.75) is 31.8 Å². The molecule has 43 heavy (non-hydrogen) atoms. The summed E-state index contributed by atoms with van der Waals surface area (Å²) < 4.78 is 5.61. The predicted octanol–water partition coefficient (Wildman–Crippen LogP) is 6.05. The molecule has 2 heterocycles. The quantitative estimate of drug-likeness (QED) is 0.163. The molecule has 0 saturated carbocycles. The van der Waals surface area contributed by atoms with Gasteiger partial charge in [-0.3, -0.25) is 9.59 Å². The van der Waals surface area contributed by atoms with Crippen LogP contribution in [0.2, 0.25) is 10.0 Å². The molecule has 1 aliphatic rings. The lowest BCUT2D eigenvalue weighted by molar-refractivity contribution is -0.119. The number of nitrogens with one attached hydrogen (secondary N) is 3. The summed E-state index contributed by atoms with van der Waals surface area (Å²) in [4.78, 5) is 28.1. The van der Waals surface area contributed by atoms with Crippen LogP contribution in [0.4, 0.5) is 5.69 Å². The van der Waals surface area contributed by atoms with Gasteiger partial charge in [-0.25, -0.2) is 4.98 Å². The molecule has 10 heteroatoms. The number of nitrogens with zero attached hydrogens (tertiary/aromatic N) is 1. The highest BCUT2D eigenvalue weighted by Crippen LogP contribution is 2.42. The number of carbonyl (C=O) groups excluding carboxylic acids is 2. The Bertz CT molecular complexity index is 1630. The molecule has 0 radical (unpaired) electrons. The Kier molecular flexibility index (Phi) is 9.94. The van der Waals surface area contributed by atoms with E-state index in [0.29, 0.717) is 53.4 Å². The fraction of sp³-hybridized carbons (Fsp3) is 0.242. The summed E-state index contributed by atoms with van der Waals surface area (Å²) in [7, 11) is 1.59. The number of pyridine rings is 1. The molecule has 4 aromatic rings. The second-order valence-electron chi connectivity index (χ2n) is 10.3. The Labute approximate surface area is 260 Å². The van der Waals surface area contributed by atoms with E-state index in [2.05, 4.69) is 16.0 Å². The van der Waals surface area contributed by atoms with Gasteiger partial charge >= 0.3 is 0 Å². The zero-order valence-electron chi connectivity index (χ0n) is 23.8. The molecule has 1 aliphatic heterocycles. The Morgan fingerprint density at radius 1 is 0.977 bits per heavy atom. The number of carbonyl (C=O) groups is 2. The van der Waals surface area contributed by atoms with E-state index in [9.17, 15) is 9.59 Å². The van der Waals surface area contributed by atoms with Crippen LogP contribution in [0.5, 0.6) is 5.88 Å². The first-order valence-electron chi connectivity index (χ1n) is 14.1. The summed E-state index contributed by atoms with van der Waals surface area (Å²) in [5, 5.41) is 10.3. The summed E-state index contributed by atoms with van der Waals surface area (Å²) in [5.74, 6) is 0.477. The van der Waals surface area contributed by atoms with Crippen LogP contribution in [0.3, 0.4) is 0 Å². The van der Waals surface area contributed by atoms with Crippen molar-refractivity contribution < 1.29 is 14.3 Å². The monoisotopic (exact) mass is 617 g/mol. The number of amides is 2. The fourth-order valence-corrected chi connectivity index (χ4v) is 5.79. The number of nitrogens with two attached hydrogens (primary N) is 1. The highest BCUT2D eigenvalue weighted by Gasteiger charge is 2.21. The van der Waals surface area contributed by atoms with Gasteiger partial charge in [-0.2, -0.15) is 0 Å². The van der Waals surface area contributed by atoms with Crippen LogP contribution in [-0.4, -0.2) is 43.0 Å². The van der Waals surface area contributed by atoms with E-state index in [4.69, 9.17) is 38.7 Å². The lowest BCUT2D eigenvalue weighted by Crippen LogP contribution is -2.35. The first-order valence-corrected chi connectivity index (χ1v) is 14.9. The van der Waals surface area contributed by atoms with Gasteiger partial charge in [0.1, 0.15) is 0 Å². The molecule has 0 unspecified atom stereocenters. The minimum atomic E-state index is -0.126. The highest BCUT2D eigenvalue weighted by atomic mass is 35.5. The van der Waals surface area contributed by atoms with Gasteiger partial charge in [-0.15, -0.1) is 0 Å². The van der Waals surface area contributed by atoms with E-state index < -0.39 is 0 Å². The van der Waals surface area contributed by atoms with Crippen molar-refractivity contribution in [1.29, 1.82) is 0 Å². The summed E-state index contributed by atoms with van der Waals surface area (Å²) in [6.07, 6.45) is 1.68. The second-order valence-corrected chi connectivity index (χ2v) is 11.1. The molecule has 222 valence electrons. The van der Waals surface area contributed by atoms with Crippen molar-refractivity contribution in [3.63, 3.8) is 0 Å². The van der Waals surface area contributed by atoms with Crippen molar-refractivity contribution in [1.82, 2.24) is 15.6 Å². The molecule has 0 bridgehead atoms. The SMILES string of the molecule is COc1nc(-c2cccc(-c3cccc(-c4ccc(NC(=O)CCN)cc4)c3Cl)c2Cl)ccc1CNC[C@@H]1CCC(=O)N1. The topological polar surface area (TPSA) is 118 Å². The number of hydrogen-bond acceptors (Lipinski definition) is 6. The number of anilines is 1. The van der Waals surface area contributed by atoms with Gasteiger partial charge in [0.05, 0.1) is 22.8 Å². The minimum absolute atomic E-state index is 0.0992. The molecule has 1 aromatic heterocycles. The average Bonchev–Trinajstić information content (AvgIpc) is 3.43. The lowest BCUT2D eigenvalue weighted by atomic mass is 9.96. The number of halogens is 2. The highest BCUT2D eigenvalue weighted by molar-refractivity contribution is 6.39. The lowest BCUT2D eigenvalue weighted by Gasteiger charge is -2.16. The smallest absolute Gasteiger partial charge is 0.225 e. The molecular weight excluding hydrogens is 585 g/mol. The van der Waals surface area contributed by atoms with Crippen LogP contribution >= 0.6 is 23.2 Å². The van der Waals surface area contributed by atoms with E-state index in [0.717, 1.165) is 39.8 Å². The molecule has 2 amide bonds. The number of hydrogen-bond donors (Lipinski definition) is 4. The van der Waals surface area contributed by atoms with Crippen LogP contribution < -0.4 is 26.4 Å². The molecular formula is C33H33Cl2N5O3. The van der Waals surface area contributed by atoms with Crippen molar-refractivity contribution in [2.24, 2.45) is 5.73 Å². The third kappa shape index (κ3) is 7.17. The van der Waals surface area contributed by atoms with Crippen molar-refractivity contribution in [3.05, 3.63) is 88.4 Å². The first-order chi connectivity index (χ1) is 20.9. The molecule has 5 rings (SSSR count). The van der Waals surface area contributed by atoms with Crippen molar-refractivity contribution in [2.75, 3.05) is 25.5 Å². The van der Waals surface area contributed by atoms with Gasteiger partial charge in [-0.05, 0) is 30.2 Å². The molecule has 5 N–H and O–H groups in total. The molecule has 1 atom stereocenters. The van der Waals surface area contributed by atoms with Crippen LogP contribution in [0, 0.1) is 0 Å². The normalized spacial score (nSPS) is 14.4. The van der Waals surface area contributed by atoms with Crippen molar-refractivity contribution in [3.8, 4) is 39.4 Å². The zero-order valence-corrected chi connectivity index (χ0v) is 25.3. The average molecular weight is 619 g/mol. The summed E-state index contributed by atoms with van der Waals surface area (Å²) in [5.41, 5.74) is 11.8. The maximum absolute atomic E-state index is 11.9. The number of ether oxygens (including phenoxy) is 1. The standard InChI is InChI=1S/C33H33Cl2N5O3/c1-43-33-21(18-37-19-23-13-15-29(41)39-23)10-14-28(40-33)27-7-3-6-26(32(27)35)25-5-2-4-24(31(25)34)20-8-11-22(12-9-20)38-30(42)16-17-36/h2-12,14,23,37H,13,15-19,36H2,1H3,(H,38,42)(H,39,41)/t23-/m0/s1. The maximum Gasteiger partial charge on any atom is 0.225 e. The summed E-state index contributed by atoms with van der Waals surface area (Å²) in [6.45, 7) is 1.53. The van der Waals surface area contributed by atoms with Gasteiger partial charge in [0.25, 0.3) is 0 Å². The molecule has 1 saturated heterocycles. The Hall–Kier alpha value is -3.95. The van der Waals surface area contributed by atoms with E-state index in [1.165, 1.54) is 0 Å². The Morgan fingerprint density at radius 3 is 2.30 bits per heavy atom. The summed E-state index contributed by atoms with van der Waals surface area (Å²) >= 11 is 14.0. The second kappa shape index (κ2) is 14.0. The predicted molar refractivity (Wildman–Crippen MR) is 172 cm³/mol. The van der Waals surface area contributed by atoms with Crippen LogP contribution in [0.15, 0.2) is 72.8 Å². The van der Waals surface area contributed by atoms with Crippen LogP contribution in [0.25, 0.3) is 33.5 Å². The fourth-order valence-electron chi connectivity index (χ4n) is 5.13. The zero-order chi connectivity index (χ0) is 30.3. The van der Waals surface area contributed by atoms with E-state index in [1.54, 1.807) is 7.11 Å². The van der Waals surface area contributed by atoms with Crippen LogP contribution in [-0.2, 0) is 16.1 Å². The summed E-state index contributed by atoms with van der Waals surface area (Å²) in [6, 6.07) is 23.2. The van der Waals surface area contributed by atoms with Gasteiger partial charge in [0, 0.05) is 72.0 Å². The Morgan fingerprint density at radius 2 is 1.65 bits per heavy atom. The van der Waals surface area contributed by atoms with E-state index in [1.807, 2.05) is 72.8 Å². The number of methoxy groups -OCH3 is 1. The number of rotatable bonds is 11. The largest absolute Gasteiger partial charge is 0.481 e. The molecule has 3 aromatic carbocycles. The third-order valence-corrected chi connectivity index (χ3v) is 8.15. The van der Waals surface area contributed by atoms with Gasteiger partial charge in [0.2, 0.25) is 17.7 Å². The van der Waals surface area contributed by atoms with Crippen molar-refractivity contribution >= 4 is 40.7 Å². The maximum atomic E-state index is 11.9. The molecule has 0 spiro atoms. The minimum Gasteiger partial charge on any atom is -0.481 e. The van der Waals surface area contributed by atoms with Crippen LogP contribution in [0.1, 0.15) is 24.8 Å². The number of benzene rings is 3. The van der Waals surface area contributed by atoms with E-state index >= 15 is 0 Å². The molecule has 1 fully saturated rings. The van der Waals surface area contributed by atoms with Gasteiger partial charge < -0.3 is 26.4 Å². The first kappa shape index (κ1) is 30.5.